The first-order valence-electron chi connectivity index (χ1n) is 8.98. The number of benzene rings is 2. The zero-order valence-corrected chi connectivity index (χ0v) is 17.0. The third-order valence-electron chi connectivity index (χ3n) is 4.34. The summed E-state index contributed by atoms with van der Waals surface area (Å²) < 4.78 is 12.2. The van der Waals surface area contributed by atoms with Gasteiger partial charge in [0.25, 0.3) is 11.6 Å². The number of carbonyl (C=O) groups excluding carboxylic acids is 1. The summed E-state index contributed by atoms with van der Waals surface area (Å²) >= 11 is 1.54. The van der Waals surface area contributed by atoms with Crippen molar-refractivity contribution in [3.05, 3.63) is 69.5 Å². The number of fused-ring (bicyclic) bond motifs is 1. The van der Waals surface area contributed by atoms with Crippen LogP contribution in [0.3, 0.4) is 0 Å². The van der Waals surface area contributed by atoms with Crippen LogP contribution in [0.25, 0.3) is 0 Å². The fraction of sp³-hybridized carbons (Fsp3) is 0.158. The monoisotopic (exact) mass is 440 g/mol. The molecule has 12 heteroatoms. The molecule has 0 aliphatic carbocycles. The Balaban J connectivity index is 1.38. The van der Waals surface area contributed by atoms with E-state index >= 15 is 0 Å². The van der Waals surface area contributed by atoms with Crippen LogP contribution in [0.2, 0.25) is 0 Å². The molecule has 4 rings (SSSR count). The number of nitro groups is 1. The Morgan fingerprint density at radius 3 is 2.74 bits per heavy atom. The Morgan fingerprint density at radius 1 is 1.32 bits per heavy atom. The summed E-state index contributed by atoms with van der Waals surface area (Å²) in [4.78, 5) is 23.0. The summed E-state index contributed by atoms with van der Waals surface area (Å²) in [7, 11) is 1.87. The van der Waals surface area contributed by atoms with Gasteiger partial charge in [0.1, 0.15) is 6.33 Å². The minimum Gasteiger partial charge on any atom is -0.454 e. The maximum Gasteiger partial charge on any atom is 0.282 e. The van der Waals surface area contributed by atoms with E-state index in [4.69, 9.17) is 9.47 Å². The van der Waals surface area contributed by atoms with Gasteiger partial charge < -0.3 is 14.0 Å². The molecule has 0 unspecified atom stereocenters. The topological polar surface area (TPSA) is 134 Å². The average molecular weight is 440 g/mol. The van der Waals surface area contributed by atoms with Gasteiger partial charge in [-0.3, -0.25) is 14.9 Å². The second kappa shape index (κ2) is 8.83. The second-order valence-corrected chi connectivity index (χ2v) is 7.37. The van der Waals surface area contributed by atoms with Gasteiger partial charge in [-0.1, -0.05) is 23.9 Å². The van der Waals surface area contributed by atoms with Gasteiger partial charge in [0.05, 0.1) is 22.8 Å². The van der Waals surface area contributed by atoms with Crippen molar-refractivity contribution in [3.8, 4) is 11.5 Å². The first-order valence-corrected chi connectivity index (χ1v) is 9.97. The molecule has 0 radical (unpaired) electrons. The van der Waals surface area contributed by atoms with Crippen LogP contribution in [0.15, 0.2) is 53.0 Å². The molecule has 158 valence electrons. The SMILES string of the molecule is Cn1cnnc1SCc1ccc(C(=O)N/N=C\c2cc3c(cc2[N+](=O)[O-])OCO3)cc1. The van der Waals surface area contributed by atoms with Gasteiger partial charge >= 0.3 is 0 Å². The van der Waals surface area contributed by atoms with E-state index < -0.39 is 10.8 Å². The Morgan fingerprint density at radius 2 is 2.06 bits per heavy atom. The highest BCUT2D eigenvalue weighted by atomic mass is 32.2. The molecule has 11 nitrogen and oxygen atoms in total. The number of ether oxygens (including phenoxy) is 2. The van der Waals surface area contributed by atoms with Crippen molar-refractivity contribution in [1.29, 1.82) is 0 Å². The summed E-state index contributed by atoms with van der Waals surface area (Å²) in [6.07, 6.45) is 2.83. The van der Waals surface area contributed by atoms with Crippen LogP contribution in [-0.2, 0) is 12.8 Å². The first-order chi connectivity index (χ1) is 15.0. The number of nitrogens with zero attached hydrogens (tertiary/aromatic N) is 5. The van der Waals surface area contributed by atoms with Crippen LogP contribution in [0, 0.1) is 10.1 Å². The predicted molar refractivity (Wildman–Crippen MR) is 111 cm³/mol. The number of amides is 1. The van der Waals surface area contributed by atoms with Crippen molar-refractivity contribution in [1.82, 2.24) is 20.2 Å². The lowest BCUT2D eigenvalue weighted by Gasteiger charge is -2.04. The van der Waals surface area contributed by atoms with Gasteiger partial charge in [0, 0.05) is 18.4 Å². The maximum absolute atomic E-state index is 12.3. The molecule has 31 heavy (non-hydrogen) atoms. The highest BCUT2D eigenvalue weighted by Crippen LogP contribution is 2.37. The lowest BCUT2D eigenvalue weighted by atomic mass is 10.1. The molecule has 2 aromatic carbocycles. The highest BCUT2D eigenvalue weighted by molar-refractivity contribution is 7.98. The number of hydrogen-bond acceptors (Lipinski definition) is 9. The Kier molecular flexibility index (Phi) is 5.80. The number of thioether (sulfide) groups is 1. The largest absolute Gasteiger partial charge is 0.454 e. The zero-order valence-electron chi connectivity index (χ0n) is 16.2. The Hall–Kier alpha value is -3.93. The third kappa shape index (κ3) is 4.64. The van der Waals surface area contributed by atoms with Crippen LogP contribution in [0.1, 0.15) is 21.5 Å². The first kappa shape index (κ1) is 20.3. The summed E-state index contributed by atoms with van der Waals surface area (Å²) in [5, 5.41) is 23.7. The summed E-state index contributed by atoms with van der Waals surface area (Å²) in [5.41, 5.74) is 3.78. The van der Waals surface area contributed by atoms with E-state index in [2.05, 4.69) is 20.7 Å². The standard InChI is InChI=1S/C19H16N6O5S/c1-24-10-21-23-19(24)31-9-12-2-4-13(5-3-12)18(26)22-20-8-14-6-16-17(30-11-29-16)7-15(14)25(27)28/h2-8,10H,9,11H2,1H3,(H,22,26)/b20-8-. The molecule has 1 amide bonds. The minimum atomic E-state index is -0.553. The number of nitro benzene ring substituents is 1. The van der Waals surface area contributed by atoms with Gasteiger partial charge in [0.15, 0.2) is 16.7 Å². The number of aromatic nitrogens is 3. The van der Waals surface area contributed by atoms with Gasteiger partial charge in [-0.05, 0) is 23.8 Å². The second-order valence-electron chi connectivity index (χ2n) is 6.43. The number of aryl methyl sites for hydroxylation is 1. The van der Waals surface area contributed by atoms with Crippen LogP contribution >= 0.6 is 11.8 Å². The summed E-state index contributed by atoms with van der Waals surface area (Å²) in [6.45, 7) is -0.00306. The van der Waals surface area contributed by atoms with Crippen molar-refractivity contribution in [2.24, 2.45) is 12.1 Å². The fourth-order valence-corrected chi connectivity index (χ4v) is 3.58. The molecular weight excluding hydrogens is 424 g/mol. The molecule has 0 saturated carbocycles. The molecule has 1 aliphatic heterocycles. The molecule has 0 fully saturated rings. The number of nitrogens with one attached hydrogen (secondary N) is 1. The summed E-state index contributed by atoms with van der Waals surface area (Å²) in [6, 6.07) is 9.75. The molecule has 0 saturated heterocycles. The third-order valence-corrected chi connectivity index (χ3v) is 5.45. The quantitative estimate of drug-likeness (QED) is 0.256. The van der Waals surface area contributed by atoms with E-state index in [0.29, 0.717) is 22.8 Å². The number of rotatable bonds is 7. The van der Waals surface area contributed by atoms with Gasteiger partial charge in [-0.2, -0.15) is 5.10 Å². The molecule has 0 spiro atoms. The molecule has 3 aromatic rings. The number of carbonyl (C=O) groups is 1. The minimum absolute atomic E-state index is 0.00306. The molecule has 0 bridgehead atoms. The van der Waals surface area contributed by atoms with Crippen molar-refractivity contribution in [3.63, 3.8) is 0 Å². The van der Waals surface area contributed by atoms with Crippen molar-refractivity contribution in [2.45, 2.75) is 10.9 Å². The van der Waals surface area contributed by atoms with E-state index in [-0.39, 0.29) is 18.0 Å². The Bertz CT molecular complexity index is 1160. The lowest BCUT2D eigenvalue weighted by Crippen LogP contribution is -2.17. The Labute approximate surface area is 180 Å². The van der Waals surface area contributed by atoms with E-state index in [0.717, 1.165) is 10.7 Å². The number of hydrazone groups is 1. The maximum atomic E-state index is 12.3. The van der Waals surface area contributed by atoms with E-state index in [9.17, 15) is 14.9 Å². The molecule has 2 heterocycles. The zero-order chi connectivity index (χ0) is 21.8. The average Bonchev–Trinajstić information content (AvgIpc) is 3.39. The predicted octanol–water partition coefficient (Wildman–Crippen LogP) is 2.51. The molecule has 1 aliphatic rings. The van der Waals surface area contributed by atoms with Crippen molar-refractivity contribution >= 4 is 29.6 Å². The van der Waals surface area contributed by atoms with Crippen LogP contribution in [0.4, 0.5) is 5.69 Å². The van der Waals surface area contributed by atoms with E-state index in [1.807, 2.05) is 23.7 Å². The van der Waals surface area contributed by atoms with Crippen molar-refractivity contribution < 1.29 is 19.2 Å². The van der Waals surface area contributed by atoms with E-state index in [1.54, 1.807) is 18.5 Å². The van der Waals surface area contributed by atoms with Gasteiger partial charge in [0.2, 0.25) is 6.79 Å². The van der Waals surface area contributed by atoms with Crippen LogP contribution in [0.5, 0.6) is 11.5 Å². The number of hydrogen-bond donors (Lipinski definition) is 1. The molecule has 1 aromatic heterocycles. The van der Waals surface area contributed by atoms with E-state index in [1.165, 1.54) is 30.1 Å². The van der Waals surface area contributed by atoms with Gasteiger partial charge in [-0.25, -0.2) is 5.43 Å². The molecule has 1 N–H and O–H groups in total. The fourth-order valence-electron chi connectivity index (χ4n) is 2.74. The smallest absolute Gasteiger partial charge is 0.282 e. The molecule has 0 atom stereocenters. The molecular formula is C19H16N6O5S. The normalized spacial score (nSPS) is 12.3. The van der Waals surface area contributed by atoms with Gasteiger partial charge in [-0.15, -0.1) is 10.2 Å². The van der Waals surface area contributed by atoms with Crippen molar-refractivity contribution in [2.75, 3.05) is 6.79 Å². The summed E-state index contributed by atoms with van der Waals surface area (Å²) in [5.74, 6) is 0.922. The van der Waals surface area contributed by atoms with Crippen LogP contribution < -0.4 is 14.9 Å². The highest BCUT2D eigenvalue weighted by Gasteiger charge is 2.22. The lowest BCUT2D eigenvalue weighted by molar-refractivity contribution is -0.385. The van der Waals surface area contributed by atoms with Crippen LogP contribution in [-0.4, -0.2) is 38.6 Å².